The fourth-order valence-electron chi connectivity index (χ4n) is 4.59. The summed E-state index contributed by atoms with van der Waals surface area (Å²) in [5.41, 5.74) is 0. The molecule has 0 aliphatic rings. The Kier molecular flexibility index (Phi) is 29.2. The number of ether oxygens (including phenoxy) is 1. The molecule has 0 heterocycles. The number of carbonyl (C=O) groups excluding carboxylic acids is 1. The van der Waals surface area contributed by atoms with Gasteiger partial charge in [-0.05, 0) is 76.7 Å². The third-order valence-electron chi connectivity index (χ3n) is 7.07. The van der Waals surface area contributed by atoms with Crippen molar-refractivity contribution in [3.8, 4) is 0 Å². The standard InChI is InChI=1S/C35H62O4/c1-3-5-7-9-11-12-13-14-15-16-17-18-20-22-28-32-35(38)39-33(29-25-21-19-10-8-6-4-2)30-26-23-24-27-31-34(36)37/h11-12,14-15,25,29,33H,3-10,13,16-24,26-28,30-32H2,1-2H3,(H,36,37)/b12-11-,15-14-,29-25-. The summed E-state index contributed by atoms with van der Waals surface area (Å²) in [6.45, 7) is 4.47. The Balaban J connectivity index is 4.04. The van der Waals surface area contributed by atoms with Gasteiger partial charge in [0.1, 0.15) is 6.10 Å². The van der Waals surface area contributed by atoms with Crippen molar-refractivity contribution in [2.24, 2.45) is 0 Å². The Hall–Kier alpha value is -1.84. The van der Waals surface area contributed by atoms with Gasteiger partial charge in [-0.25, -0.2) is 0 Å². The van der Waals surface area contributed by atoms with E-state index in [4.69, 9.17) is 9.84 Å². The van der Waals surface area contributed by atoms with Crippen LogP contribution in [0.5, 0.6) is 0 Å². The first-order chi connectivity index (χ1) is 19.1. The molecule has 0 spiro atoms. The van der Waals surface area contributed by atoms with Gasteiger partial charge in [-0.1, -0.05) is 115 Å². The van der Waals surface area contributed by atoms with Crippen LogP contribution in [0, 0.1) is 0 Å². The van der Waals surface area contributed by atoms with Gasteiger partial charge in [0.15, 0.2) is 0 Å². The second-order valence-corrected chi connectivity index (χ2v) is 11.0. The summed E-state index contributed by atoms with van der Waals surface area (Å²) in [4.78, 5) is 23.1. The van der Waals surface area contributed by atoms with E-state index in [9.17, 15) is 9.59 Å². The lowest BCUT2D eigenvalue weighted by Crippen LogP contribution is -2.16. The minimum absolute atomic E-state index is 0.0795. The zero-order chi connectivity index (χ0) is 28.7. The highest BCUT2D eigenvalue weighted by Crippen LogP contribution is 2.15. The summed E-state index contributed by atoms with van der Waals surface area (Å²) in [6, 6.07) is 0. The van der Waals surface area contributed by atoms with E-state index in [-0.39, 0.29) is 18.5 Å². The minimum atomic E-state index is -0.725. The lowest BCUT2D eigenvalue weighted by molar-refractivity contribution is -0.147. The molecule has 0 aromatic rings. The van der Waals surface area contributed by atoms with Crippen molar-refractivity contribution in [2.45, 2.75) is 174 Å². The molecular weight excluding hydrogens is 484 g/mol. The Morgan fingerprint density at radius 3 is 1.72 bits per heavy atom. The Morgan fingerprint density at radius 1 is 0.590 bits per heavy atom. The molecule has 226 valence electrons. The molecule has 0 aliphatic heterocycles. The topological polar surface area (TPSA) is 63.6 Å². The van der Waals surface area contributed by atoms with Gasteiger partial charge >= 0.3 is 11.9 Å². The average Bonchev–Trinajstić information content (AvgIpc) is 2.91. The molecule has 0 rings (SSSR count). The fraction of sp³-hybridized carbons (Fsp3) is 0.771. The number of hydrogen-bond acceptors (Lipinski definition) is 3. The second kappa shape index (κ2) is 30.7. The summed E-state index contributed by atoms with van der Waals surface area (Å²) in [5.74, 6) is -0.805. The first-order valence-electron chi connectivity index (χ1n) is 16.5. The van der Waals surface area contributed by atoms with Crippen LogP contribution in [0.1, 0.15) is 168 Å². The van der Waals surface area contributed by atoms with Gasteiger partial charge in [-0.2, -0.15) is 0 Å². The molecule has 0 aromatic carbocycles. The maximum absolute atomic E-state index is 12.5. The van der Waals surface area contributed by atoms with E-state index in [1.165, 1.54) is 77.0 Å². The summed E-state index contributed by atoms with van der Waals surface area (Å²) in [7, 11) is 0. The van der Waals surface area contributed by atoms with Crippen molar-refractivity contribution in [3.63, 3.8) is 0 Å². The van der Waals surface area contributed by atoms with E-state index >= 15 is 0 Å². The molecule has 1 N–H and O–H groups in total. The van der Waals surface area contributed by atoms with Crippen LogP contribution < -0.4 is 0 Å². The normalized spacial score (nSPS) is 12.7. The van der Waals surface area contributed by atoms with Crippen LogP contribution in [0.3, 0.4) is 0 Å². The number of allylic oxidation sites excluding steroid dienone is 5. The summed E-state index contributed by atoms with van der Waals surface area (Å²) in [6.07, 6.45) is 38.8. The molecular formula is C35H62O4. The van der Waals surface area contributed by atoms with Crippen LogP contribution in [0.4, 0.5) is 0 Å². The van der Waals surface area contributed by atoms with Gasteiger partial charge in [0, 0.05) is 12.8 Å². The zero-order valence-corrected chi connectivity index (χ0v) is 25.7. The third-order valence-corrected chi connectivity index (χ3v) is 7.07. The number of aliphatic carboxylic acids is 1. The minimum Gasteiger partial charge on any atom is -0.481 e. The van der Waals surface area contributed by atoms with Crippen LogP contribution in [0.25, 0.3) is 0 Å². The van der Waals surface area contributed by atoms with Crippen LogP contribution in [0.15, 0.2) is 36.5 Å². The smallest absolute Gasteiger partial charge is 0.306 e. The van der Waals surface area contributed by atoms with E-state index in [1.807, 2.05) is 0 Å². The van der Waals surface area contributed by atoms with Crippen molar-refractivity contribution < 1.29 is 19.4 Å². The van der Waals surface area contributed by atoms with E-state index in [1.54, 1.807) is 0 Å². The highest BCUT2D eigenvalue weighted by atomic mass is 16.5. The molecule has 0 aromatic heterocycles. The number of carboxylic acid groups (broad SMARTS) is 1. The predicted octanol–water partition coefficient (Wildman–Crippen LogP) is 11.1. The summed E-state index contributed by atoms with van der Waals surface area (Å²) >= 11 is 0. The van der Waals surface area contributed by atoms with Gasteiger partial charge < -0.3 is 9.84 Å². The number of esters is 1. The van der Waals surface area contributed by atoms with Crippen molar-refractivity contribution in [1.82, 2.24) is 0 Å². The van der Waals surface area contributed by atoms with E-state index < -0.39 is 5.97 Å². The van der Waals surface area contributed by atoms with Crippen molar-refractivity contribution in [2.75, 3.05) is 0 Å². The first kappa shape index (κ1) is 37.2. The highest BCUT2D eigenvalue weighted by Gasteiger charge is 2.11. The maximum Gasteiger partial charge on any atom is 0.306 e. The van der Waals surface area contributed by atoms with Crippen LogP contribution >= 0.6 is 0 Å². The Labute approximate surface area is 241 Å². The van der Waals surface area contributed by atoms with Gasteiger partial charge in [0.2, 0.25) is 0 Å². The molecule has 1 atom stereocenters. The number of hydrogen-bond donors (Lipinski definition) is 1. The Morgan fingerprint density at radius 2 is 1.08 bits per heavy atom. The molecule has 4 heteroatoms. The SMILES string of the molecule is CCCCC/C=C\C/C=C\CCCCCCCC(=O)OC(/C=C\CCCCCCC)CCCCCCC(=O)O. The lowest BCUT2D eigenvalue weighted by Gasteiger charge is -2.15. The van der Waals surface area contributed by atoms with E-state index in [0.29, 0.717) is 6.42 Å². The van der Waals surface area contributed by atoms with Crippen molar-refractivity contribution >= 4 is 11.9 Å². The molecule has 0 saturated heterocycles. The average molecular weight is 547 g/mol. The molecule has 0 radical (unpaired) electrons. The summed E-state index contributed by atoms with van der Waals surface area (Å²) < 4.78 is 5.83. The number of rotatable bonds is 29. The maximum atomic E-state index is 12.5. The molecule has 0 bridgehead atoms. The Bertz CT molecular complexity index is 635. The van der Waals surface area contributed by atoms with Gasteiger partial charge in [-0.15, -0.1) is 0 Å². The van der Waals surface area contributed by atoms with E-state index in [2.05, 4.69) is 50.3 Å². The van der Waals surface area contributed by atoms with Crippen molar-refractivity contribution in [1.29, 1.82) is 0 Å². The monoisotopic (exact) mass is 546 g/mol. The molecule has 0 fully saturated rings. The first-order valence-corrected chi connectivity index (χ1v) is 16.5. The van der Waals surface area contributed by atoms with Crippen molar-refractivity contribution in [3.05, 3.63) is 36.5 Å². The number of carbonyl (C=O) groups is 2. The molecule has 0 aliphatic carbocycles. The number of unbranched alkanes of at least 4 members (excludes halogenated alkanes) is 16. The van der Waals surface area contributed by atoms with E-state index in [0.717, 1.165) is 64.2 Å². The fourth-order valence-corrected chi connectivity index (χ4v) is 4.59. The molecule has 39 heavy (non-hydrogen) atoms. The molecule has 0 amide bonds. The van der Waals surface area contributed by atoms with Crippen LogP contribution in [-0.2, 0) is 14.3 Å². The van der Waals surface area contributed by atoms with Crippen LogP contribution in [0.2, 0.25) is 0 Å². The van der Waals surface area contributed by atoms with Crippen LogP contribution in [-0.4, -0.2) is 23.1 Å². The quantitative estimate of drug-likeness (QED) is 0.0575. The van der Waals surface area contributed by atoms with Gasteiger partial charge in [0.25, 0.3) is 0 Å². The molecule has 0 saturated carbocycles. The number of carboxylic acids is 1. The third kappa shape index (κ3) is 30.6. The lowest BCUT2D eigenvalue weighted by atomic mass is 10.1. The largest absolute Gasteiger partial charge is 0.481 e. The highest BCUT2D eigenvalue weighted by molar-refractivity contribution is 5.69. The van der Waals surface area contributed by atoms with Gasteiger partial charge in [0.05, 0.1) is 0 Å². The molecule has 4 nitrogen and oxygen atoms in total. The van der Waals surface area contributed by atoms with Gasteiger partial charge in [-0.3, -0.25) is 9.59 Å². The zero-order valence-electron chi connectivity index (χ0n) is 25.7. The summed E-state index contributed by atoms with van der Waals surface area (Å²) in [5, 5.41) is 8.78. The predicted molar refractivity (Wildman–Crippen MR) is 167 cm³/mol. The second-order valence-electron chi connectivity index (χ2n) is 11.0. The molecule has 1 unspecified atom stereocenters.